The van der Waals surface area contributed by atoms with E-state index in [2.05, 4.69) is 15.4 Å². The van der Waals surface area contributed by atoms with E-state index in [1.807, 2.05) is 25.5 Å². The average Bonchev–Trinajstić information content (AvgIpc) is 2.71. The normalized spacial score (nSPS) is 10.7. The van der Waals surface area contributed by atoms with Crippen LogP contribution in [0.3, 0.4) is 0 Å². The molecule has 7 heteroatoms. The molecule has 0 bridgehead atoms. The summed E-state index contributed by atoms with van der Waals surface area (Å²) < 4.78 is 1.91. The summed E-state index contributed by atoms with van der Waals surface area (Å²) in [6.45, 7) is 7.11. The third-order valence-corrected chi connectivity index (χ3v) is 3.91. The summed E-state index contributed by atoms with van der Waals surface area (Å²) in [6, 6.07) is 0. The highest BCUT2D eigenvalue weighted by Crippen LogP contribution is 2.23. The maximum absolute atomic E-state index is 12.2. The fourth-order valence-corrected chi connectivity index (χ4v) is 2.72. The molecule has 0 spiro atoms. The summed E-state index contributed by atoms with van der Waals surface area (Å²) >= 11 is 11.9. The second kappa shape index (κ2) is 6.45. The lowest BCUT2D eigenvalue weighted by molar-refractivity contribution is 0.0951. The van der Waals surface area contributed by atoms with Crippen molar-refractivity contribution in [3.8, 4) is 0 Å². The van der Waals surface area contributed by atoms with Crippen LogP contribution >= 0.6 is 23.2 Å². The van der Waals surface area contributed by atoms with E-state index in [-0.39, 0.29) is 21.5 Å². The molecule has 0 atom stereocenters. The standard InChI is InChI=1S/C14H16Cl2N4O/c1-4-20-9(3)10(8(2)19-20)5-18-14(21)13-11(15)6-17-7-12(13)16/h6-7H,4-5H2,1-3H3,(H,18,21). The summed E-state index contributed by atoms with van der Waals surface area (Å²) in [5.74, 6) is -0.324. The fourth-order valence-electron chi connectivity index (χ4n) is 2.18. The van der Waals surface area contributed by atoms with Gasteiger partial charge in [-0.05, 0) is 20.8 Å². The Morgan fingerprint density at radius 3 is 2.43 bits per heavy atom. The smallest absolute Gasteiger partial charge is 0.254 e. The number of aromatic nitrogens is 3. The molecule has 0 aliphatic heterocycles. The van der Waals surface area contributed by atoms with Crippen molar-refractivity contribution >= 4 is 29.1 Å². The zero-order valence-corrected chi connectivity index (χ0v) is 13.6. The molecule has 1 N–H and O–H groups in total. The second-order valence-corrected chi connectivity index (χ2v) is 5.44. The monoisotopic (exact) mass is 326 g/mol. The summed E-state index contributed by atoms with van der Waals surface area (Å²) in [4.78, 5) is 16.1. The van der Waals surface area contributed by atoms with Crippen molar-refractivity contribution in [3.63, 3.8) is 0 Å². The van der Waals surface area contributed by atoms with E-state index in [4.69, 9.17) is 23.2 Å². The minimum Gasteiger partial charge on any atom is -0.348 e. The molecule has 21 heavy (non-hydrogen) atoms. The van der Waals surface area contributed by atoms with Gasteiger partial charge < -0.3 is 5.32 Å². The van der Waals surface area contributed by atoms with Gasteiger partial charge in [0.2, 0.25) is 0 Å². The molecule has 5 nitrogen and oxygen atoms in total. The number of nitrogens with one attached hydrogen (secondary N) is 1. The highest BCUT2D eigenvalue weighted by atomic mass is 35.5. The lowest BCUT2D eigenvalue weighted by Gasteiger charge is -2.08. The van der Waals surface area contributed by atoms with Crippen molar-refractivity contribution < 1.29 is 4.79 Å². The SMILES string of the molecule is CCn1nc(C)c(CNC(=O)c2c(Cl)cncc2Cl)c1C. The summed E-state index contributed by atoms with van der Waals surface area (Å²) in [5, 5.41) is 7.71. The zero-order valence-electron chi connectivity index (χ0n) is 12.1. The molecule has 0 saturated carbocycles. The minimum absolute atomic E-state index is 0.234. The van der Waals surface area contributed by atoms with Crippen molar-refractivity contribution in [1.82, 2.24) is 20.1 Å². The molecular formula is C14H16Cl2N4O. The summed E-state index contributed by atoms with van der Waals surface area (Å²) in [5.41, 5.74) is 3.20. The van der Waals surface area contributed by atoms with E-state index in [1.54, 1.807) is 0 Å². The first-order valence-electron chi connectivity index (χ1n) is 6.55. The van der Waals surface area contributed by atoms with E-state index in [9.17, 15) is 4.79 Å². The van der Waals surface area contributed by atoms with Gasteiger partial charge in [0.25, 0.3) is 5.91 Å². The molecule has 2 heterocycles. The van der Waals surface area contributed by atoms with Crippen LogP contribution in [-0.4, -0.2) is 20.7 Å². The Balaban J connectivity index is 2.17. The Hall–Kier alpha value is -1.59. The quantitative estimate of drug-likeness (QED) is 0.938. The first kappa shape index (κ1) is 15.8. The van der Waals surface area contributed by atoms with Gasteiger partial charge in [-0.3, -0.25) is 14.5 Å². The Labute approximate surface area is 133 Å². The second-order valence-electron chi connectivity index (χ2n) is 4.63. The molecule has 0 fully saturated rings. The molecule has 2 aromatic rings. The van der Waals surface area contributed by atoms with Crippen LogP contribution in [0.4, 0.5) is 0 Å². The van der Waals surface area contributed by atoms with Crippen LogP contribution < -0.4 is 5.32 Å². The van der Waals surface area contributed by atoms with Crippen molar-refractivity contribution in [2.45, 2.75) is 33.9 Å². The highest BCUT2D eigenvalue weighted by Gasteiger charge is 2.17. The van der Waals surface area contributed by atoms with Gasteiger partial charge in [-0.25, -0.2) is 0 Å². The van der Waals surface area contributed by atoms with Crippen molar-refractivity contribution in [1.29, 1.82) is 0 Å². The third kappa shape index (κ3) is 3.19. The van der Waals surface area contributed by atoms with Crippen LogP contribution in [0.25, 0.3) is 0 Å². The van der Waals surface area contributed by atoms with Gasteiger partial charge in [-0.2, -0.15) is 5.10 Å². The van der Waals surface area contributed by atoms with Gasteiger partial charge >= 0.3 is 0 Å². The van der Waals surface area contributed by atoms with Gasteiger partial charge in [0.15, 0.2) is 0 Å². The molecule has 1 amide bonds. The molecule has 112 valence electrons. The van der Waals surface area contributed by atoms with Crippen LogP contribution in [0.1, 0.15) is 34.2 Å². The Bertz CT molecular complexity index is 662. The summed E-state index contributed by atoms with van der Waals surface area (Å²) in [7, 11) is 0. The van der Waals surface area contributed by atoms with Gasteiger partial charge in [0.1, 0.15) is 0 Å². The van der Waals surface area contributed by atoms with Crippen LogP contribution in [0, 0.1) is 13.8 Å². The number of carbonyl (C=O) groups is 1. The molecular weight excluding hydrogens is 311 g/mol. The fraction of sp³-hybridized carbons (Fsp3) is 0.357. The number of hydrogen-bond donors (Lipinski definition) is 1. The molecule has 0 aliphatic carbocycles. The van der Waals surface area contributed by atoms with Crippen LogP contribution in [0.5, 0.6) is 0 Å². The molecule has 2 aromatic heterocycles. The van der Waals surface area contributed by atoms with Gasteiger partial charge in [-0.1, -0.05) is 23.2 Å². The van der Waals surface area contributed by atoms with Crippen LogP contribution in [0.2, 0.25) is 10.0 Å². The molecule has 0 radical (unpaired) electrons. The first-order valence-corrected chi connectivity index (χ1v) is 7.31. The number of halogens is 2. The van der Waals surface area contributed by atoms with E-state index >= 15 is 0 Å². The number of hydrogen-bond acceptors (Lipinski definition) is 3. The lowest BCUT2D eigenvalue weighted by Crippen LogP contribution is -2.24. The van der Waals surface area contributed by atoms with Gasteiger partial charge in [0.05, 0.1) is 21.3 Å². The zero-order chi connectivity index (χ0) is 15.6. The number of rotatable bonds is 4. The Morgan fingerprint density at radius 2 is 1.90 bits per heavy atom. The predicted octanol–water partition coefficient (Wildman–Crippen LogP) is 3.15. The third-order valence-electron chi connectivity index (χ3n) is 3.34. The Kier molecular flexibility index (Phi) is 4.85. The minimum atomic E-state index is -0.324. The van der Waals surface area contributed by atoms with Crippen molar-refractivity contribution in [2.24, 2.45) is 0 Å². The van der Waals surface area contributed by atoms with Crippen LogP contribution in [-0.2, 0) is 13.1 Å². The maximum atomic E-state index is 12.2. The number of aryl methyl sites for hydroxylation is 2. The number of amides is 1. The Morgan fingerprint density at radius 1 is 1.29 bits per heavy atom. The average molecular weight is 327 g/mol. The highest BCUT2D eigenvalue weighted by molar-refractivity contribution is 6.39. The van der Waals surface area contributed by atoms with E-state index in [1.165, 1.54) is 12.4 Å². The van der Waals surface area contributed by atoms with Crippen LogP contribution in [0.15, 0.2) is 12.4 Å². The maximum Gasteiger partial charge on any atom is 0.254 e. The van der Waals surface area contributed by atoms with E-state index in [0.717, 1.165) is 23.5 Å². The topological polar surface area (TPSA) is 59.8 Å². The van der Waals surface area contributed by atoms with Crippen molar-refractivity contribution in [2.75, 3.05) is 0 Å². The first-order chi connectivity index (χ1) is 9.95. The van der Waals surface area contributed by atoms with Crippen molar-refractivity contribution in [3.05, 3.63) is 45.0 Å². The number of nitrogens with zero attached hydrogens (tertiary/aromatic N) is 3. The molecule has 2 rings (SSSR count). The largest absolute Gasteiger partial charge is 0.348 e. The van der Waals surface area contributed by atoms with E-state index < -0.39 is 0 Å². The lowest BCUT2D eigenvalue weighted by atomic mass is 10.2. The predicted molar refractivity (Wildman–Crippen MR) is 82.8 cm³/mol. The molecule has 0 unspecified atom stereocenters. The number of carbonyl (C=O) groups excluding carboxylic acids is 1. The van der Waals surface area contributed by atoms with Gasteiger partial charge in [-0.15, -0.1) is 0 Å². The molecule has 0 aliphatic rings. The number of pyridine rings is 1. The summed E-state index contributed by atoms with van der Waals surface area (Å²) in [6.07, 6.45) is 2.79. The molecule has 0 saturated heterocycles. The molecule has 0 aromatic carbocycles. The van der Waals surface area contributed by atoms with E-state index in [0.29, 0.717) is 6.54 Å². The van der Waals surface area contributed by atoms with Gasteiger partial charge in [0, 0.05) is 36.7 Å².